The summed E-state index contributed by atoms with van der Waals surface area (Å²) in [4.78, 5) is 8.86. The van der Waals surface area contributed by atoms with E-state index in [1.165, 1.54) is 4.31 Å². The Morgan fingerprint density at radius 2 is 1.93 bits per heavy atom. The minimum atomic E-state index is -3.58. The van der Waals surface area contributed by atoms with E-state index in [0.717, 1.165) is 11.3 Å². The fourth-order valence-corrected chi connectivity index (χ4v) is 4.47. The molecule has 11 heteroatoms. The van der Waals surface area contributed by atoms with Crippen molar-refractivity contribution in [1.29, 1.82) is 0 Å². The van der Waals surface area contributed by atoms with Gasteiger partial charge in [-0.25, -0.2) is 13.4 Å². The molecule has 0 saturated carbocycles. The van der Waals surface area contributed by atoms with E-state index in [-0.39, 0.29) is 4.90 Å². The maximum absolute atomic E-state index is 12.9. The van der Waals surface area contributed by atoms with Gasteiger partial charge in [0.1, 0.15) is 5.82 Å². The number of nitrogens with zero attached hydrogens (tertiary/aromatic N) is 4. The van der Waals surface area contributed by atoms with Gasteiger partial charge in [-0.2, -0.15) is 14.4 Å². The highest BCUT2D eigenvalue weighted by Crippen LogP contribution is 2.23. The minimum absolute atomic E-state index is 0.214. The van der Waals surface area contributed by atoms with Crippen LogP contribution in [0.5, 0.6) is 0 Å². The second-order valence-corrected chi connectivity index (χ2v) is 8.82. The maximum atomic E-state index is 12.9. The monoisotopic (exact) mass is 429 g/mol. The number of morpholine rings is 1. The van der Waals surface area contributed by atoms with Gasteiger partial charge in [-0.3, -0.25) is 5.10 Å². The van der Waals surface area contributed by atoms with Gasteiger partial charge in [-0.05, 0) is 38.1 Å². The van der Waals surface area contributed by atoms with E-state index in [4.69, 9.17) is 4.74 Å². The Morgan fingerprint density at radius 3 is 2.67 bits per heavy atom. The van der Waals surface area contributed by atoms with Crippen molar-refractivity contribution in [1.82, 2.24) is 24.5 Å². The molecule has 1 aliphatic rings. The van der Waals surface area contributed by atoms with Crippen molar-refractivity contribution in [2.45, 2.75) is 18.7 Å². The second kappa shape index (κ2) is 8.38. The number of sulfonamides is 1. The first kappa shape index (κ1) is 20.3. The normalized spacial score (nSPS) is 15.1. The van der Waals surface area contributed by atoms with Crippen LogP contribution in [0, 0.1) is 13.8 Å². The van der Waals surface area contributed by atoms with E-state index < -0.39 is 10.0 Å². The van der Waals surface area contributed by atoms with Crippen LogP contribution in [0.2, 0.25) is 0 Å². The lowest BCUT2D eigenvalue weighted by Crippen LogP contribution is -2.40. The van der Waals surface area contributed by atoms with E-state index in [9.17, 15) is 8.42 Å². The fourth-order valence-electron chi connectivity index (χ4n) is 3.02. The van der Waals surface area contributed by atoms with Crippen LogP contribution in [-0.2, 0) is 14.8 Å². The third-order valence-corrected chi connectivity index (χ3v) is 6.75. The SMILES string of the molecule is Cc1[nH]nc(Nc2ccnc(Nc3cccc(S(=O)(=O)N4CCOCC4)c3)n2)c1C. The Hall–Kier alpha value is -3.02. The molecule has 0 aliphatic carbocycles. The molecular formula is C19H23N7O3S. The predicted octanol–water partition coefficient (Wildman–Crippen LogP) is 2.32. The van der Waals surface area contributed by atoms with Crippen LogP contribution in [0.25, 0.3) is 0 Å². The average Bonchev–Trinajstić information content (AvgIpc) is 3.07. The molecule has 0 radical (unpaired) electrons. The van der Waals surface area contributed by atoms with Crippen LogP contribution < -0.4 is 10.6 Å². The Bertz CT molecular complexity index is 1140. The van der Waals surface area contributed by atoms with Crippen molar-refractivity contribution in [2.75, 3.05) is 36.9 Å². The molecule has 1 saturated heterocycles. The van der Waals surface area contributed by atoms with Crippen molar-refractivity contribution in [3.05, 3.63) is 47.8 Å². The van der Waals surface area contributed by atoms with E-state index in [2.05, 4.69) is 30.8 Å². The fraction of sp³-hybridized carbons (Fsp3) is 0.316. The number of ether oxygens (including phenoxy) is 1. The molecule has 4 rings (SSSR count). The van der Waals surface area contributed by atoms with E-state index in [1.807, 2.05) is 13.8 Å². The molecule has 1 aliphatic heterocycles. The highest BCUT2D eigenvalue weighted by atomic mass is 32.2. The van der Waals surface area contributed by atoms with Gasteiger partial charge >= 0.3 is 0 Å². The first-order valence-corrected chi connectivity index (χ1v) is 10.9. The molecule has 2 aromatic heterocycles. The molecule has 0 spiro atoms. The molecule has 3 N–H and O–H groups in total. The van der Waals surface area contributed by atoms with Gasteiger partial charge in [0.25, 0.3) is 0 Å². The number of H-pyrrole nitrogens is 1. The number of benzene rings is 1. The largest absolute Gasteiger partial charge is 0.379 e. The van der Waals surface area contributed by atoms with Crippen molar-refractivity contribution in [3.8, 4) is 0 Å². The molecule has 3 aromatic rings. The summed E-state index contributed by atoms with van der Waals surface area (Å²) < 4.78 is 32.4. The number of aromatic amines is 1. The minimum Gasteiger partial charge on any atom is -0.379 e. The molecule has 1 aromatic carbocycles. The van der Waals surface area contributed by atoms with Gasteiger partial charge in [0.15, 0.2) is 5.82 Å². The summed E-state index contributed by atoms with van der Waals surface area (Å²) >= 11 is 0. The maximum Gasteiger partial charge on any atom is 0.243 e. The molecular weight excluding hydrogens is 406 g/mol. The van der Waals surface area contributed by atoms with Gasteiger partial charge < -0.3 is 15.4 Å². The standard InChI is InChI=1S/C19H23N7O3S/c1-13-14(2)24-25-18(13)22-17-6-7-20-19(23-17)21-15-4-3-5-16(12-15)30(27,28)26-8-10-29-11-9-26/h3-7,12H,8-11H2,1-2H3,(H3,20,21,22,23,24,25). The molecule has 3 heterocycles. The summed E-state index contributed by atoms with van der Waals surface area (Å²) in [6, 6.07) is 8.34. The zero-order chi connectivity index (χ0) is 21.1. The summed E-state index contributed by atoms with van der Waals surface area (Å²) in [6.07, 6.45) is 1.61. The van der Waals surface area contributed by atoms with E-state index in [1.54, 1.807) is 36.5 Å². The van der Waals surface area contributed by atoms with Crippen molar-refractivity contribution in [2.24, 2.45) is 0 Å². The quantitative estimate of drug-likeness (QED) is 0.545. The van der Waals surface area contributed by atoms with Gasteiger partial charge in [0.2, 0.25) is 16.0 Å². The highest BCUT2D eigenvalue weighted by molar-refractivity contribution is 7.89. The number of aromatic nitrogens is 4. The van der Waals surface area contributed by atoms with Crippen LogP contribution in [0.15, 0.2) is 41.4 Å². The smallest absolute Gasteiger partial charge is 0.243 e. The molecule has 0 unspecified atom stereocenters. The Morgan fingerprint density at radius 1 is 1.13 bits per heavy atom. The summed E-state index contributed by atoms with van der Waals surface area (Å²) in [5.41, 5.74) is 2.56. The lowest BCUT2D eigenvalue weighted by atomic mass is 10.3. The van der Waals surface area contributed by atoms with Crippen molar-refractivity contribution < 1.29 is 13.2 Å². The van der Waals surface area contributed by atoms with Gasteiger partial charge in [-0.1, -0.05) is 6.07 Å². The number of hydrogen-bond acceptors (Lipinski definition) is 8. The second-order valence-electron chi connectivity index (χ2n) is 6.88. The molecule has 0 bridgehead atoms. The zero-order valence-corrected chi connectivity index (χ0v) is 17.5. The van der Waals surface area contributed by atoms with Gasteiger partial charge in [0.05, 0.1) is 18.1 Å². The third kappa shape index (κ3) is 4.27. The highest BCUT2D eigenvalue weighted by Gasteiger charge is 2.26. The lowest BCUT2D eigenvalue weighted by molar-refractivity contribution is 0.0730. The summed E-state index contributed by atoms with van der Waals surface area (Å²) in [7, 11) is -3.58. The molecule has 10 nitrogen and oxygen atoms in total. The molecule has 158 valence electrons. The molecule has 0 amide bonds. The van der Waals surface area contributed by atoms with Crippen LogP contribution in [0.1, 0.15) is 11.3 Å². The Balaban J connectivity index is 1.52. The topological polar surface area (TPSA) is 125 Å². The van der Waals surface area contributed by atoms with Crippen LogP contribution >= 0.6 is 0 Å². The zero-order valence-electron chi connectivity index (χ0n) is 16.7. The van der Waals surface area contributed by atoms with Crippen LogP contribution in [-0.4, -0.2) is 59.2 Å². The Labute approximate surface area is 174 Å². The number of aryl methyl sites for hydroxylation is 1. The van der Waals surface area contributed by atoms with E-state index >= 15 is 0 Å². The summed E-state index contributed by atoms with van der Waals surface area (Å²) in [5.74, 6) is 1.60. The third-order valence-electron chi connectivity index (χ3n) is 4.85. The summed E-state index contributed by atoms with van der Waals surface area (Å²) in [5, 5.41) is 13.3. The molecule has 1 fully saturated rings. The average molecular weight is 430 g/mol. The van der Waals surface area contributed by atoms with Crippen LogP contribution in [0.3, 0.4) is 0 Å². The van der Waals surface area contributed by atoms with Crippen molar-refractivity contribution >= 4 is 33.3 Å². The number of anilines is 4. The number of rotatable bonds is 6. The number of nitrogens with one attached hydrogen (secondary N) is 3. The molecule has 0 atom stereocenters. The Kier molecular flexibility index (Phi) is 5.66. The van der Waals surface area contributed by atoms with Crippen LogP contribution in [0.4, 0.5) is 23.3 Å². The van der Waals surface area contributed by atoms with Crippen molar-refractivity contribution in [3.63, 3.8) is 0 Å². The summed E-state index contributed by atoms with van der Waals surface area (Å²) in [6.45, 7) is 5.41. The van der Waals surface area contributed by atoms with Gasteiger partial charge in [-0.15, -0.1) is 0 Å². The van der Waals surface area contributed by atoms with E-state index in [0.29, 0.717) is 49.6 Å². The first-order chi connectivity index (χ1) is 14.4. The number of hydrogen-bond donors (Lipinski definition) is 3. The first-order valence-electron chi connectivity index (χ1n) is 9.50. The lowest BCUT2D eigenvalue weighted by Gasteiger charge is -2.26. The molecule has 30 heavy (non-hydrogen) atoms. The van der Waals surface area contributed by atoms with Gasteiger partial charge in [0, 0.05) is 36.2 Å². The predicted molar refractivity (Wildman–Crippen MR) is 113 cm³/mol.